The van der Waals surface area contributed by atoms with Crippen LogP contribution < -0.4 is 0 Å². The summed E-state index contributed by atoms with van der Waals surface area (Å²) in [6, 6.07) is 0. The predicted octanol–water partition coefficient (Wildman–Crippen LogP) is 1.78. The zero-order valence-electron chi connectivity index (χ0n) is 12.1. The van der Waals surface area contributed by atoms with Crippen LogP contribution in [0, 0.1) is 10.1 Å². The van der Waals surface area contributed by atoms with Crippen molar-refractivity contribution in [3.63, 3.8) is 0 Å². The molecule has 0 radical (unpaired) electrons. The SMILES string of the molecule is Cn1c([N+](=O)[O-])cnc1C=C1SC(N2CCCCC2)=NC1=O. The molecule has 0 aromatic carbocycles. The van der Waals surface area contributed by atoms with Crippen LogP contribution in [-0.4, -0.2) is 43.5 Å². The molecule has 1 fully saturated rings. The van der Waals surface area contributed by atoms with Gasteiger partial charge in [0, 0.05) is 19.2 Å². The third-order valence-electron chi connectivity index (χ3n) is 3.68. The Labute approximate surface area is 131 Å². The van der Waals surface area contributed by atoms with E-state index < -0.39 is 4.92 Å². The quantitative estimate of drug-likeness (QED) is 0.468. The van der Waals surface area contributed by atoms with E-state index in [0.29, 0.717) is 10.7 Å². The van der Waals surface area contributed by atoms with E-state index in [1.807, 2.05) is 0 Å². The minimum absolute atomic E-state index is 0.112. The van der Waals surface area contributed by atoms with E-state index in [1.54, 1.807) is 13.1 Å². The molecule has 1 aromatic heterocycles. The van der Waals surface area contributed by atoms with E-state index >= 15 is 0 Å². The van der Waals surface area contributed by atoms with Crippen molar-refractivity contribution in [2.24, 2.45) is 12.0 Å². The minimum Gasteiger partial charge on any atom is -0.358 e. The molecule has 0 N–H and O–H groups in total. The number of imidazole rings is 1. The van der Waals surface area contributed by atoms with Crippen LogP contribution in [0.3, 0.4) is 0 Å². The smallest absolute Gasteiger partial charge is 0.342 e. The molecule has 3 rings (SSSR count). The highest BCUT2D eigenvalue weighted by Crippen LogP contribution is 2.31. The lowest BCUT2D eigenvalue weighted by Crippen LogP contribution is -2.33. The standard InChI is InChI=1S/C13H15N5O3S/c1-16-10(14-8-11(16)18(20)21)7-9-12(19)15-13(22-9)17-5-3-2-4-6-17/h7-8H,2-6H2,1H3. The van der Waals surface area contributed by atoms with Gasteiger partial charge in [-0.05, 0) is 35.9 Å². The van der Waals surface area contributed by atoms with E-state index in [9.17, 15) is 14.9 Å². The number of hydrogen-bond donors (Lipinski definition) is 0. The molecule has 0 unspecified atom stereocenters. The number of likely N-dealkylation sites (tertiary alicyclic amines) is 1. The molecule has 22 heavy (non-hydrogen) atoms. The Morgan fingerprint density at radius 2 is 2.09 bits per heavy atom. The van der Waals surface area contributed by atoms with Gasteiger partial charge in [0.25, 0.3) is 5.91 Å². The Morgan fingerprint density at radius 3 is 2.73 bits per heavy atom. The number of carbonyl (C=O) groups is 1. The van der Waals surface area contributed by atoms with Crippen molar-refractivity contribution < 1.29 is 9.72 Å². The summed E-state index contributed by atoms with van der Waals surface area (Å²) < 4.78 is 1.35. The van der Waals surface area contributed by atoms with Gasteiger partial charge in [-0.15, -0.1) is 0 Å². The Hall–Kier alpha value is -2.16. The van der Waals surface area contributed by atoms with Crippen LogP contribution in [0.25, 0.3) is 6.08 Å². The molecular weight excluding hydrogens is 306 g/mol. The summed E-state index contributed by atoms with van der Waals surface area (Å²) in [5.41, 5.74) is 0. The van der Waals surface area contributed by atoms with E-state index in [-0.39, 0.29) is 11.7 Å². The Balaban J connectivity index is 1.79. The van der Waals surface area contributed by atoms with Crippen molar-refractivity contribution in [3.05, 3.63) is 27.0 Å². The first kappa shape index (κ1) is 14.8. The van der Waals surface area contributed by atoms with E-state index in [1.165, 1.54) is 28.9 Å². The summed E-state index contributed by atoms with van der Waals surface area (Å²) in [4.78, 5) is 33.0. The molecule has 0 aliphatic carbocycles. The number of nitrogens with zero attached hydrogens (tertiary/aromatic N) is 5. The molecule has 0 bridgehead atoms. The lowest BCUT2D eigenvalue weighted by molar-refractivity contribution is -0.391. The molecule has 0 atom stereocenters. The molecule has 2 aliphatic heterocycles. The second kappa shape index (κ2) is 5.91. The third-order valence-corrected chi connectivity index (χ3v) is 4.73. The molecule has 1 amide bonds. The third kappa shape index (κ3) is 2.76. The largest absolute Gasteiger partial charge is 0.358 e. The fourth-order valence-electron chi connectivity index (χ4n) is 2.45. The van der Waals surface area contributed by atoms with E-state index in [4.69, 9.17) is 0 Å². The number of carbonyl (C=O) groups excluding carboxylic acids is 1. The number of amidine groups is 1. The molecular formula is C13H15N5O3S. The fourth-order valence-corrected chi connectivity index (χ4v) is 3.39. The lowest BCUT2D eigenvalue weighted by Gasteiger charge is -2.27. The second-order valence-electron chi connectivity index (χ2n) is 5.15. The highest BCUT2D eigenvalue weighted by Gasteiger charge is 2.28. The van der Waals surface area contributed by atoms with Crippen molar-refractivity contribution >= 4 is 34.7 Å². The number of hydrogen-bond acceptors (Lipinski definition) is 6. The molecule has 116 valence electrons. The Bertz CT molecular complexity index is 688. The monoisotopic (exact) mass is 321 g/mol. The Kier molecular flexibility index (Phi) is 3.97. The normalized spacial score (nSPS) is 20.6. The first-order valence-corrected chi connectivity index (χ1v) is 7.81. The molecule has 0 saturated carbocycles. The molecule has 0 spiro atoms. The maximum atomic E-state index is 12.0. The van der Waals surface area contributed by atoms with Crippen molar-refractivity contribution in [3.8, 4) is 0 Å². The molecule has 2 aliphatic rings. The average Bonchev–Trinajstić information content (AvgIpc) is 3.05. The van der Waals surface area contributed by atoms with Gasteiger partial charge in [-0.1, -0.05) is 0 Å². The van der Waals surface area contributed by atoms with Crippen molar-refractivity contribution in [2.45, 2.75) is 19.3 Å². The average molecular weight is 321 g/mol. The summed E-state index contributed by atoms with van der Waals surface area (Å²) >= 11 is 1.31. The van der Waals surface area contributed by atoms with Crippen LogP contribution in [0.2, 0.25) is 0 Å². The number of nitro groups is 1. The zero-order chi connectivity index (χ0) is 15.7. The van der Waals surface area contributed by atoms with Crippen molar-refractivity contribution in [2.75, 3.05) is 13.1 Å². The van der Waals surface area contributed by atoms with Gasteiger partial charge >= 0.3 is 5.82 Å². The van der Waals surface area contributed by atoms with Crippen LogP contribution >= 0.6 is 11.8 Å². The number of aliphatic imine (C=N–C) groups is 1. The van der Waals surface area contributed by atoms with Crippen molar-refractivity contribution in [1.29, 1.82) is 0 Å². The summed E-state index contributed by atoms with van der Waals surface area (Å²) in [6.45, 7) is 1.83. The predicted molar refractivity (Wildman–Crippen MR) is 83.3 cm³/mol. The highest BCUT2D eigenvalue weighted by atomic mass is 32.2. The van der Waals surface area contributed by atoms with Gasteiger partial charge in [0.05, 0.1) is 12.0 Å². The molecule has 1 saturated heterocycles. The summed E-state index contributed by atoms with van der Waals surface area (Å²) in [5.74, 6) is -0.0478. The maximum absolute atomic E-state index is 12.0. The van der Waals surface area contributed by atoms with E-state index in [2.05, 4.69) is 14.9 Å². The van der Waals surface area contributed by atoms with Gasteiger partial charge in [-0.3, -0.25) is 4.79 Å². The summed E-state index contributed by atoms with van der Waals surface area (Å²) in [6.07, 6.45) is 6.17. The Morgan fingerprint density at radius 1 is 1.36 bits per heavy atom. The van der Waals surface area contributed by atoms with Crippen LogP contribution in [0.5, 0.6) is 0 Å². The molecule has 8 nitrogen and oxygen atoms in total. The van der Waals surface area contributed by atoms with Crippen LogP contribution in [0.15, 0.2) is 16.1 Å². The van der Waals surface area contributed by atoms with Crippen LogP contribution in [0.4, 0.5) is 5.82 Å². The second-order valence-corrected chi connectivity index (χ2v) is 6.16. The molecule has 3 heterocycles. The lowest BCUT2D eigenvalue weighted by atomic mass is 10.1. The number of thioether (sulfide) groups is 1. The van der Waals surface area contributed by atoms with Gasteiger partial charge in [0.15, 0.2) is 5.17 Å². The first-order chi connectivity index (χ1) is 10.6. The zero-order valence-corrected chi connectivity index (χ0v) is 12.9. The summed E-state index contributed by atoms with van der Waals surface area (Å²) in [7, 11) is 1.55. The first-order valence-electron chi connectivity index (χ1n) is 7.00. The number of amides is 1. The van der Waals surface area contributed by atoms with Gasteiger partial charge in [0.1, 0.15) is 6.20 Å². The molecule has 1 aromatic rings. The number of aromatic nitrogens is 2. The number of rotatable bonds is 2. The number of piperidine rings is 1. The van der Waals surface area contributed by atoms with Crippen LogP contribution in [-0.2, 0) is 11.8 Å². The highest BCUT2D eigenvalue weighted by molar-refractivity contribution is 8.18. The van der Waals surface area contributed by atoms with Gasteiger partial charge in [-0.2, -0.15) is 4.99 Å². The topological polar surface area (TPSA) is 93.6 Å². The van der Waals surface area contributed by atoms with Gasteiger partial charge in [0.2, 0.25) is 5.82 Å². The van der Waals surface area contributed by atoms with Gasteiger partial charge in [-0.25, -0.2) is 9.55 Å². The maximum Gasteiger partial charge on any atom is 0.342 e. The summed E-state index contributed by atoms with van der Waals surface area (Å²) in [5, 5.41) is 11.5. The molecule has 9 heteroatoms. The van der Waals surface area contributed by atoms with Gasteiger partial charge < -0.3 is 15.0 Å². The van der Waals surface area contributed by atoms with Crippen molar-refractivity contribution in [1.82, 2.24) is 14.5 Å². The van der Waals surface area contributed by atoms with Crippen LogP contribution in [0.1, 0.15) is 25.1 Å². The minimum atomic E-state index is -0.506. The fraction of sp³-hybridized carbons (Fsp3) is 0.462. The van der Waals surface area contributed by atoms with E-state index in [0.717, 1.165) is 31.1 Å².